The van der Waals surface area contributed by atoms with Gasteiger partial charge in [-0.1, -0.05) is 0 Å². The van der Waals surface area contributed by atoms with Crippen LogP contribution in [-0.4, -0.2) is 99.8 Å². The number of carbonyl (C=O) groups is 3. The molecule has 0 bridgehead atoms. The fourth-order valence-corrected chi connectivity index (χ4v) is 4.30. The number of hydrogen-bond donors (Lipinski definition) is 0. The van der Waals surface area contributed by atoms with Gasteiger partial charge in [0.15, 0.2) is 11.5 Å². The van der Waals surface area contributed by atoms with Gasteiger partial charge in [0, 0.05) is 50.7 Å². The maximum absolute atomic E-state index is 13.1. The fourth-order valence-electron chi connectivity index (χ4n) is 4.30. The van der Waals surface area contributed by atoms with Crippen LogP contribution in [0.15, 0.2) is 12.1 Å². The summed E-state index contributed by atoms with van der Waals surface area (Å²) in [7, 11) is 4.53. The van der Waals surface area contributed by atoms with Crippen molar-refractivity contribution in [3.05, 3.63) is 17.7 Å². The molecule has 1 aromatic rings. The predicted molar refractivity (Wildman–Crippen MR) is 120 cm³/mol. The lowest BCUT2D eigenvalue weighted by Gasteiger charge is -2.38. The summed E-state index contributed by atoms with van der Waals surface area (Å²) in [6.45, 7) is 5.06. The Hall–Kier alpha value is -3.17. The second-order valence-corrected chi connectivity index (χ2v) is 7.99. The third-order valence-corrected chi connectivity index (χ3v) is 6.16. The number of hydrogen-bond acceptors (Lipinski definition) is 7. The molecule has 0 unspecified atom stereocenters. The van der Waals surface area contributed by atoms with E-state index in [1.807, 2.05) is 4.90 Å². The average molecular weight is 464 g/mol. The Morgan fingerprint density at radius 1 is 0.818 bits per heavy atom. The molecule has 2 aliphatic rings. The molecule has 0 atom stereocenters. The first-order valence-corrected chi connectivity index (χ1v) is 11.2. The smallest absolute Gasteiger partial charge is 0.409 e. The Bertz CT molecular complexity index is 835. The lowest BCUT2D eigenvalue weighted by Crippen LogP contribution is -2.53. The van der Waals surface area contributed by atoms with Crippen molar-refractivity contribution in [2.45, 2.75) is 19.8 Å². The molecule has 3 rings (SSSR count). The zero-order valence-corrected chi connectivity index (χ0v) is 19.8. The summed E-state index contributed by atoms with van der Waals surface area (Å²) in [6.07, 6.45) is 0.878. The summed E-state index contributed by atoms with van der Waals surface area (Å²) in [5, 5.41) is 0. The van der Waals surface area contributed by atoms with Gasteiger partial charge in [0.05, 0.1) is 27.9 Å². The Balaban J connectivity index is 1.56. The van der Waals surface area contributed by atoms with Gasteiger partial charge in [0.1, 0.15) is 0 Å². The molecule has 0 aromatic heterocycles. The lowest BCUT2D eigenvalue weighted by molar-refractivity contribution is -0.138. The van der Waals surface area contributed by atoms with Crippen LogP contribution >= 0.6 is 0 Å². The number of likely N-dealkylation sites (tertiary alicyclic amines) is 1. The van der Waals surface area contributed by atoms with Gasteiger partial charge in [0.25, 0.3) is 5.91 Å². The maximum atomic E-state index is 13.1. The van der Waals surface area contributed by atoms with Crippen molar-refractivity contribution in [2.75, 3.05) is 67.2 Å². The zero-order valence-electron chi connectivity index (χ0n) is 19.8. The molecule has 10 heteroatoms. The topological polar surface area (TPSA) is 97.9 Å². The molecule has 0 N–H and O–H groups in total. The normalized spacial score (nSPS) is 16.9. The standard InChI is InChI=1S/C23H33N3O7/c1-5-33-23(29)26-12-10-25(11-13-26)21(27)16-6-8-24(9-7-16)22(28)17-14-18(30-2)20(32-4)19(15-17)31-3/h14-16H,5-13H2,1-4H3. The summed E-state index contributed by atoms with van der Waals surface area (Å²) in [4.78, 5) is 43.1. The third-order valence-electron chi connectivity index (χ3n) is 6.16. The first-order chi connectivity index (χ1) is 15.9. The largest absolute Gasteiger partial charge is 0.493 e. The fraction of sp³-hybridized carbons (Fsp3) is 0.609. The van der Waals surface area contributed by atoms with Gasteiger partial charge in [-0.05, 0) is 31.9 Å². The Morgan fingerprint density at radius 2 is 1.36 bits per heavy atom. The Morgan fingerprint density at radius 3 is 1.85 bits per heavy atom. The van der Waals surface area contributed by atoms with Crippen LogP contribution in [-0.2, 0) is 9.53 Å². The quantitative estimate of drug-likeness (QED) is 0.635. The van der Waals surface area contributed by atoms with Crippen molar-refractivity contribution in [1.29, 1.82) is 0 Å². The van der Waals surface area contributed by atoms with E-state index < -0.39 is 0 Å². The molecular formula is C23H33N3O7. The van der Waals surface area contributed by atoms with Gasteiger partial charge in [-0.2, -0.15) is 0 Å². The molecule has 0 saturated carbocycles. The summed E-state index contributed by atoms with van der Waals surface area (Å²) < 4.78 is 21.1. The number of rotatable bonds is 6. The van der Waals surface area contributed by atoms with E-state index in [0.717, 1.165) is 0 Å². The second-order valence-electron chi connectivity index (χ2n) is 7.99. The highest BCUT2D eigenvalue weighted by molar-refractivity contribution is 5.96. The minimum atomic E-state index is -0.330. The van der Waals surface area contributed by atoms with Crippen LogP contribution in [0.5, 0.6) is 17.2 Å². The zero-order chi connectivity index (χ0) is 24.0. The monoisotopic (exact) mass is 463 g/mol. The van der Waals surface area contributed by atoms with Crippen molar-refractivity contribution in [1.82, 2.24) is 14.7 Å². The molecule has 10 nitrogen and oxygen atoms in total. The van der Waals surface area contributed by atoms with Crippen LogP contribution in [0.3, 0.4) is 0 Å². The number of amides is 3. The van der Waals surface area contributed by atoms with Crippen molar-refractivity contribution in [2.24, 2.45) is 5.92 Å². The van der Waals surface area contributed by atoms with E-state index in [9.17, 15) is 14.4 Å². The van der Waals surface area contributed by atoms with E-state index in [2.05, 4.69) is 0 Å². The molecule has 2 fully saturated rings. The van der Waals surface area contributed by atoms with Crippen LogP contribution in [0.1, 0.15) is 30.1 Å². The molecule has 2 heterocycles. The van der Waals surface area contributed by atoms with Gasteiger partial charge in [-0.25, -0.2) is 4.79 Å². The van der Waals surface area contributed by atoms with E-state index in [1.54, 1.807) is 28.9 Å². The third kappa shape index (κ3) is 5.43. The summed E-state index contributed by atoms with van der Waals surface area (Å²) in [6, 6.07) is 3.29. The van der Waals surface area contributed by atoms with E-state index in [0.29, 0.717) is 81.5 Å². The molecule has 0 radical (unpaired) electrons. The highest BCUT2D eigenvalue weighted by Gasteiger charge is 2.33. The number of carbonyl (C=O) groups excluding carboxylic acids is 3. The minimum absolute atomic E-state index is 0.0957. The first kappa shape index (κ1) is 24.5. The molecule has 2 aliphatic heterocycles. The minimum Gasteiger partial charge on any atom is -0.493 e. The van der Waals surface area contributed by atoms with Crippen LogP contribution in [0.25, 0.3) is 0 Å². The van der Waals surface area contributed by atoms with Gasteiger partial charge < -0.3 is 33.6 Å². The Kier molecular flexibility index (Phi) is 8.24. The molecular weight excluding hydrogens is 430 g/mol. The van der Waals surface area contributed by atoms with E-state index in [-0.39, 0.29) is 23.8 Å². The molecule has 33 heavy (non-hydrogen) atoms. The predicted octanol–water partition coefficient (Wildman–Crippen LogP) is 1.87. The van der Waals surface area contributed by atoms with Gasteiger partial charge >= 0.3 is 6.09 Å². The number of ether oxygens (including phenoxy) is 4. The van der Waals surface area contributed by atoms with Gasteiger partial charge in [-0.3, -0.25) is 9.59 Å². The molecule has 0 spiro atoms. The van der Waals surface area contributed by atoms with Crippen LogP contribution in [0.4, 0.5) is 4.79 Å². The van der Waals surface area contributed by atoms with Crippen molar-refractivity contribution >= 4 is 17.9 Å². The summed E-state index contributed by atoms with van der Waals surface area (Å²) in [5.41, 5.74) is 0.448. The van der Waals surface area contributed by atoms with Crippen LogP contribution in [0, 0.1) is 5.92 Å². The van der Waals surface area contributed by atoms with Gasteiger partial charge in [-0.15, -0.1) is 0 Å². The maximum Gasteiger partial charge on any atom is 0.409 e. The Labute approximate surface area is 194 Å². The lowest BCUT2D eigenvalue weighted by atomic mass is 9.94. The van der Waals surface area contributed by atoms with E-state index >= 15 is 0 Å². The molecule has 0 aliphatic carbocycles. The van der Waals surface area contributed by atoms with Crippen molar-refractivity contribution in [3.8, 4) is 17.2 Å². The average Bonchev–Trinajstić information content (AvgIpc) is 2.87. The molecule has 3 amide bonds. The summed E-state index contributed by atoms with van der Waals surface area (Å²) >= 11 is 0. The first-order valence-electron chi connectivity index (χ1n) is 11.2. The summed E-state index contributed by atoms with van der Waals surface area (Å²) in [5.74, 6) is 1.12. The molecule has 1 aromatic carbocycles. The molecule has 2 saturated heterocycles. The second kappa shape index (κ2) is 11.1. The highest BCUT2D eigenvalue weighted by atomic mass is 16.6. The number of methoxy groups -OCH3 is 3. The van der Waals surface area contributed by atoms with Crippen molar-refractivity contribution in [3.63, 3.8) is 0 Å². The SMILES string of the molecule is CCOC(=O)N1CCN(C(=O)C2CCN(C(=O)c3cc(OC)c(OC)c(OC)c3)CC2)CC1. The van der Waals surface area contributed by atoms with Gasteiger partial charge in [0.2, 0.25) is 11.7 Å². The highest BCUT2D eigenvalue weighted by Crippen LogP contribution is 2.38. The number of nitrogens with zero attached hydrogens (tertiary/aromatic N) is 3. The number of piperazine rings is 1. The van der Waals surface area contributed by atoms with Crippen molar-refractivity contribution < 1.29 is 33.3 Å². The van der Waals surface area contributed by atoms with E-state index in [1.165, 1.54) is 21.3 Å². The number of piperidine rings is 1. The molecule has 182 valence electrons. The number of benzene rings is 1. The van der Waals surface area contributed by atoms with Crippen LogP contribution in [0.2, 0.25) is 0 Å². The van der Waals surface area contributed by atoms with Crippen LogP contribution < -0.4 is 14.2 Å². The van der Waals surface area contributed by atoms with E-state index in [4.69, 9.17) is 18.9 Å².